The van der Waals surface area contributed by atoms with Gasteiger partial charge in [-0.2, -0.15) is 13.5 Å². The average molecular weight is 200 g/mol. The van der Waals surface area contributed by atoms with Gasteiger partial charge in [0, 0.05) is 18.4 Å². The third-order valence-corrected chi connectivity index (χ3v) is 2.15. The van der Waals surface area contributed by atoms with Crippen LogP contribution < -0.4 is 5.73 Å². The maximum Gasteiger partial charge on any atom is 0.00388 e. The van der Waals surface area contributed by atoms with Crippen LogP contribution in [0.4, 0.5) is 0 Å². The van der Waals surface area contributed by atoms with Crippen LogP contribution in [0, 0.1) is 0 Å². The van der Waals surface area contributed by atoms with Crippen LogP contribution in [0.5, 0.6) is 0 Å². The van der Waals surface area contributed by atoms with Gasteiger partial charge in [-0.05, 0) is 25.0 Å². The van der Waals surface area contributed by atoms with Crippen LogP contribution in [0.3, 0.4) is 0 Å². The zero-order valence-electron chi connectivity index (χ0n) is 8.00. The van der Waals surface area contributed by atoms with Crippen LogP contribution in [0.25, 0.3) is 0 Å². The molecule has 0 radical (unpaired) electrons. The summed E-state index contributed by atoms with van der Waals surface area (Å²) >= 11 is 0. The Balaban J connectivity index is 0.000000215. The van der Waals surface area contributed by atoms with Crippen LogP contribution in [-0.2, 0) is 0 Å². The standard InChI is InChI=1S/C6H13N.C4H5N.H2S/c7-6-4-2-1-3-5-6;1-2-4-5-3-1;/h6H,1-5,7H2;1-5H;1H2. The maximum absolute atomic E-state index is 5.63. The third-order valence-electron chi connectivity index (χ3n) is 2.15. The molecule has 1 saturated carbocycles. The van der Waals surface area contributed by atoms with Crippen LogP contribution >= 0.6 is 13.5 Å². The zero-order chi connectivity index (χ0) is 8.65. The molecule has 0 saturated heterocycles. The van der Waals surface area contributed by atoms with Crippen molar-refractivity contribution in [1.82, 2.24) is 4.98 Å². The van der Waals surface area contributed by atoms with E-state index in [4.69, 9.17) is 5.73 Å². The summed E-state index contributed by atoms with van der Waals surface area (Å²) in [6, 6.07) is 4.42. The van der Waals surface area contributed by atoms with Gasteiger partial charge < -0.3 is 10.7 Å². The Morgan fingerprint density at radius 1 is 1.00 bits per heavy atom. The van der Waals surface area contributed by atoms with Crippen molar-refractivity contribution >= 4 is 13.5 Å². The number of hydrogen-bond donors (Lipinski definition) is 2. The highest BCUT2D eigenvalue weighted by molar-refractivity contribution is 7.59. The normalized spacial score (nSPS) is 16.7. The maximum atomic E-state index is 5.63. The second-order valence-electron chi connectivity index (χ2n) is 3.28. The van der Waals surface area contributed by atoms with E-state index in [1.54, 1.807) is 0 Å². The third kappa shape index (κ3) is 6.72. The molecule has 1 aromatic rings. The Morgan fingerprint density at radius 3 is 1.77 bits per heavy atom. The van der Waals surface area contributed by atoms with Gasteiger partial charge in [-0.25, -0.2) is 0 Å². The number of nitrogens with two attached hydrogens (primary N) is 1. The average Bonchev–Trinajstić information content (AvgIpc) is 2.62. The summed E-state index contributed by atoms with van der Waals surface area (Å²) in [5, 5.41) is 0. The van der Waals surface area contributed by atoms with Gasteiger partial charge in [0.15, 0.2) is 0 Å². The van der Waals surface area contributed by atoms with Crippen molar-refractivity contribution in [3.63, 3.8) is 0 Å². The smallest absolute Gasteiger partial charge is 0.00388 e. The molecule has 1 heterocycles. The van der Waals surface area contributed by atoms with Gasteiger partial charge >= 0.3 is 0 Å². The Labute approximate surface area is 87.4 Å². The lowest BCUT2D eigenvalue weighted by Gasteiger charge is -2.15. The van der Waals surface area contributed by atoms with Crippen molar-refractivity contribution in [3.8, 4) is 0 Å². The van der Waals surface area contributed by atoms with Crippen molar-refractivity contribution in [3.05, 3.63) is 24.5 Å². The van der Waals surface area contributed by atoms with Crippen LogP contribution in [0.2, 0.25) is 0 Å². The summed E-state index contributed by atoms with van der Waals surface area (Å²) in [5.41, 5.74) is 5.63. The minimum absolute atomic E-state index is 0. The van der Waals surface area contributed by atoms with E-state index in [9.17, 15) is 0 Å². The molecule has 2 rings (SSSR count). The summed E-state index contributed by atoms with van der Waals surface area (Å²) in [5.74, 6) is 0. The number of aromatic amines is 1. The van der Waals surface area contributed by atoms with E-state index >= 15 is 0 Å². The summed E-state index contributed by atoms with van der Waals surface area (Å²) in [7, 11) is 0. The second-order valence-corrected chi connectivity index (χ2v) is 3.28. The van der Waals surface area contributed by atoms with Crippen molar-refractivity contribution in [1.29, 1.82) is 0 Å². The van der Waals surface area contributed by atoms with Crippen molar-refractivity contribution in [2.75, 3.05) is 0 Å². The van der Waals surface area contributed by atoms with Gasteiger partial charge in [-0.1, -0.05) is 19.3 Å². The molecule has 0 aliphatic heterocycles. The Morgan fingerprint density at radius 2 is 1.54 bits per heavy atom. The SMILES string of the molecule is NC1CCCCC1.S.c1cc[nH]c1. The van der Waals surface area contributed by atoms with E-state index in [0.717, 1.165) is 0 Å². The Bertz CT molecular complexity index is 152. The molecule has 1 aromatic heterocycles. The predicted molar refractivity (Wildman–Crippen MR) is 62.2 cm³/mol. The fourth-order valence-electron chi connectivity index (χ4n) is 1.41. The monoisotopic (exact) mass is 200 g/mol. The molecule has 0 amide bonds. The molecule has 3 N–H and O–H groups in total. The van der Waals surface area contributed by atoms with Crippen LogP contribution in [0.1, 0.15) is 32.1 Å². The summed E-state index contributed by atoms with van der Waals surface area (Å²) in [6.07, 6.45) is 10.4. The molecular weight excluding hydrogens is 180 g/mol. The van der Waals surface area contributed by atoms with Gasteiger partial charge in [0.1, 0.15) is 0 Å². The first kappa shape index (κ1) is 12.6. The molecule has 2 nitrogen and oxygen atoms in total. The first-order valence-corrected chi connectivity index (χ1v) is 4.73. The van der Waals surface area contributed by atoms with Gasteiger partial charge in [-0.3, -0.25) is 0 Å². The highest BCUT2D eigenvalue weighted by Gasteiger charge is 2.06. The molecular formula is C10H20N2S. The van der Waals surface area contributed by atoms with E-state index in [0.29, 0.717) is 6.04 Å². The minimum Gasteiger partial charge on any atom is -0.368 e. The van der Waals surface area contributed by atoms with Crippen LogP contribution in [0.15, 0.2) is 24.5 Å². The van der Waals surface area contributed by atoms with Crippen molar-refractivity contribution < 1.29 is 0 Å². The largest absolute Gasteiger partial charge is 0.368 e. The lowest BCUT2D eigenvalue weighted by atomic mass is 9.97. The molecule has 1 fully saturated rings. The molecule has 1 aliphatic carbocycles. The molecule has 0 atom stereocenters. The first-order valence-electron chi connectivity index (χ1n) is 4.73. The van der Waals surface area contributed by atoms with Gasteiger partial charge in [0.2, 0.25) is 0 Å². The molecule has 0 bridgehead atoms. The molecule has 0 aromatic carbocycles. The topological polar surface area (TPSA) is 41.8 Å². The quantitative estimate of drug-likeness (QED) is 0.663. The summed E-state index contributed by atoms with van der Waals surface area (Å²) in [4.78, 5) is 2.86. The molecule has 3 heteroatoms. The summed E-state index contributed by atoms with van der Waals surface area (Å²) in [6.45, 7) is 0. The van der Waals surface area contributed by atoms with Gasteiger partial charge in [0.05, 0.1) is 0 Å². The van der Waals surface area contributed by atoms with Crippen LogP contribution in [-0.4, -0.2) is 11.0 Å². The number of nitrogens with one attached hydrogen (secondary N) is 1. The summed E-state index contributed by atoms with van der Waals surface area (Å²) < 4.78 is 0. The Kier molecular flexibility index (Phi) is 7.94. The minimum atomic E-state index is 0. The van der Waals surface area contributed by atoms with E-state index < -0.39 is 0 Å². The van der Waals surface area contributed by atoms with Crippen molar-refractivity contribution in [2.24, 2.45) is 5.73 Å². The number of H-pyrrole nitrogens is 1. The highest BCUT2D eigenvalue weighted by Crippen LogP contribution is 2.14. The number of aromatic nitrogens is 1. The van der Waals surface area contributed by atoms with E-state index in [2.05, 4.69) is 4.98 Å². The molecule has 0 unspecified atom stereocenters. The molecule has 1 aliphatic rings. The van der Waals surface area contributed by atoms with E-state index in [-0.39, 0.29) is 13.5 Å². The van der Waals surface area contributed by atoms with Gasteiger partial charge in [-0.15, -0.1) is 0 Å². The van der Waals surface area contributed by atoms with Gasteiger partial charge in [0.25, 0.3) is 0 Å². The Hall–Kier alpha value is -0.410. The fourth-order valence-corrected chi connectivity index (χ4v) is 1.41. The molecule has 76 valence electrons. The first-order chi connectivity index (χ1) is 5.89. The predicted octanol–water partition coefficient (Wildman–Crippen LogP) is 2.41. The lowest BCUT2D eigenvalue weighted by Crippen LogP contribution is -2.22. The second kappa shape index (κ2) is 8.20. The number of hydrogen-bond acceptors (Lipinski definition) is 1. The van der Waals surface area contributed by atoms with E-state index in [1.165, 1.54) is 32.1 Å². The van der Waals surface area contributed by atoms with Crippen molar-refractivity contribution in [2.45, 2.75) is 38.1 Å². The zero-order valence-corrected chi connectivity index (χ0v) is 9.00. The fraction of sp³-hybridized carbons (Fsp3) is 0.600. The van der Waals surface area contributed by atoms with E-state index in [1.807, 2.05) is 24.5 Å². The molecule has 0 spiro atoms. The molecule has 13 heavy (non-hydrogen) atoms. The highest BCUT2D eigenvalue weighted by atomic mass is 32.1. The lowest BCUT2D eigenvalue weighted by molar-refractivity contribution is 0.441. The number of rotatable bonds is 0.